The van der Waals surface area contributed by atoms with Crippen molar-refractivity contribution in [3.05, 3.63) is 36.5 Å². The van der Waals surface area contributed by atoms with E-state index in [0.717, 1.165) is 10.9 Å². The van der Waals surface area contributed by atoms with E-state index in [1.54, 1.807) is 12.3 Å². The molecule has 0 fully saturated rings. The lowest BCUT2D eigenvalue weighted by molar-refractivity contribution is -0.136. The molecule has 0 aliphatic heterocycles. The Bertz CT molecular complexity index is 613. The number of carbonyl (C=O) groups excluding carboxylic acids is 1. The van der Waals surface area contributed by atoms with Crippen LogP contribution in [0.2, 0.25) is 0 Å². The first kappa shape index (κ1) is 12.8. The highest BCUT2D eigenvalue weighted by Gasteiger charge is 2.04. The van der Waals surface area contributed by atoms with Gasteiger partial charge in [-0.15, -0.1) is 0 Å². The van der Waals surface area contributed by atoms with Crippen molar-refractivity contribution >= 4 is 28.6 Å². The third kappa shape index (κ3) is 3.67. The van der Waals surface area contributed by atoms with Gasteiger partial charge in [-0.1, -0.05) is 18.2 Å². The summed E-state index contributed by atoms with van der Waals surface area (Å²) >= 11 is 0. The Balaban J connectivity index is 1.97. The van der Waals surface area contributed by atoms with Crippen molar-refractivity contribution < 1.29 is 14.7 Å². The van der Waals surface area contributed by atoms with Crippen LogP contribution in [0.15, 0.2) is 36.5 Å². The number of nitrogens with zero attached hydrogens (tertiary/aromatic N) is 1. The number of aromatic nitrogens is 1. The maximum absolute atomic E-state index is 11.5. The summed E-state index contributed by atoms with van der Waals surface area (Å²) in [5, 5.41) is 14.4. The number of amides is 2. The molecule has 1 aromatic carbocycles. The average molecular weight is 259 g/mol. The Labute approximate surface area is 109 Å². The van der Waals surface area contributed by atoms with Gasteiger partial charge in [0.1, 0.15) is 0 Å². The van der Waals surface area contributed by atoms with Crippen molar-refractivity contribution in [2.45, 2.75) is 6.42 Å². The number of nitrogens with one attached hydrogen (secondary N) is 2. The number of fused-ring (bicyclic) bond motifs is 1. The molecule has 0 aliphatic carbocycles. The molecule has 0 atom stereocenters. The summed E-state index contributed by atoms with van der Waals surface area (Å²) < 4.78 is 0. The van der Waals surface area contributed by atoms with E-state index in [4.69, 9.17) is 5.11 Å². The molecule has 3 N–H and O–H groups in total. The van der Waals surface area contributed by atoms with Crippen LogP contribution in [0.4, 0.5) is 10.5 Å². The van der Waals surface area contributed by atoms with Crippen molar-refractivity contribution in [3.8, 4) is 0 Å². The van der Waals surface area contributed by atoms with Crippen LogP contribution < -0.4 is 10.6 Å². The SMILES string of the molecule is O=C(O)CCNC(=O)Nc1cnc2ccccc2c1. The monoisotopic (exact) mass is 259 g/mol. The second kappa shape index (κ2) is 5.81. The molecule has 0 saturated carbocycles. The number of carboxylic acids is 1. The number of para-hydroxylation sites is 1. The first-order chi connectivity index (χ1) is 9.15. The standard InChI is InChI=1S/C13H13N3O3/c17-12(18)5-6-14-13(19)16-10-7-9-3-1-2-4-11(9)15-8-10/h1-4,7-8H,5-6H2,(H,17,18)(H2,14,16,19). The zero-order valence-electron chi connectivity index (χ0n) is 10.1. The summed E-state index contributed by atoms with van der Waals surface area (Å²) in [6.45, 7) is 0.0855. The number of anilines is 1. The zero-order valence-corrected chi connectivity index (χ0v) is 10.1. The molecule has 1 heterocycles. The lowest BCUT2D eigenvalue weighted by Crippen LogP contribution is -2.30. The van der Waals surface area contributed by atoms with E-state index in [2.05, 4.69) is 15.6 Å². The van der Waals surface area contributed by atoms with Gasteiger partial charge in [-0.25, -0.2) is 4.79 Å². The van der Waals surface area contributed by atoms with Crippen molar-refractivity contribution in [3.63, 3.8) is 0 Å². The highest BCUT2D eigenvalue weighted by Crippen LogP contribution is 2.15. The molecule has 0 unspecified atom stereocenters. The molecular formula is C13H13N3O3. The first-order valence-electron chi connectivity index (χ1n) is 5.76. The minimum Gasteiger partial charge on any atom is -0.481 e. The minimum absolute atomic E-state index is 0.0855. The van der Waals surface area contributed by atoms with Crippen LogP contribution in [0.1, 0.15) is 6.42 Å². The molecule has 0 spiro atoms. The predicted octanol–water partition coefficient (Wildman–Crippen LogP) is 1.83. The van der Waals surface area contributed by atoms with Crippen LogP contribution in [-0.2, 0) is 4.79 Å². The van der Waals surface area contributed by atoms with E-state index in [1.807, 2.05) is 24.3 Å². The number of rotatable bonds is 4. The number of pyridine rings is 1. The number of aliphatic carboxylic acids is 1. The topological polar surface area (TPSA) is 91.3 Å². The zero-order chi connectivity index (χ0) is 13.7. The second-order valence-corrected chi connectivity index (χ2v) is 3.94. The second-order valence-electron chi connectivity index (χ2n) is 3.94. The van der Waals surface area contributed by atoms with E-state index < -0.39 is 12.0 Å². The molecule has 2 aromatic rings. The van der Waals surface area contributed by atoms with Crippen molar-refractivity contribution in [1.82, 2.24) is 10.3 Å². The van der Waals surface area contributed by atoms with Crippen LogP contribution >= 0.6 is 0 Å². The van der Waals surface area contributed by atoms with Crippen molar-refractivity contribution in [2.24, 2.45) is 0 Å². The normalized spacial score (nSPS) is 10.1. The van der Waals surface area contributed by atoms with E-state index in [1.165, 1.54) is 0 Å². The highest BCUT2D eigenvalue weighted by molar-refractivity contribution is 5.92. The molecule has 6 nitrogen and oxygen atoms in total. The van der Waals surface area contributed by atoms with Gasteiger partial charge in [0.25, 0.3) is 0 Å². The summed E-state index contributed by atoms with van der Waals surface area (Å²) in [5.74, 6) is -0.951. The van der Waals surface area contributed by atoms with Crippen molar-refractivity contribution in [2.75, 3.05) is 11.9 Å². The molecule has 2 amide bonds. The fourth-order valence-electron chi connectivity index (χ4n) is 1.60. The average Bonchev–Trinajstić information content (AvgIpc) is 2.38. The smallest absolute Gasteiger partial charge is 0.319 e. The summed E-state index contributed by atoms with van der Waals surface area (Å²) in [6.07, 6.45) is 1.45. The van der Waals surface area contributed by atoms with Gasteiger partial charge in [-0.3, -0.25) is 9.78 Å². The van der Waals surface area contributed by atoms with Gasteiger partial charge in [0.05, 0.1) is 23.8 Å². The summed E-state index contributed by atoms with van der Waals surface area (Å²) in [7, 11) is 0. The van der Waals surface area contributed by atoms with Crippen LogP contribution in [-0.4, -0.2) is 28.6 Å². The van der Waals surface area contributed by atoms with E-state index >= 15 is 0 Å². The van der Waals surface area contributed by atoms with Gasteiger partial charge in [-0.05, 0) is 12.1 Å². The van der Waals surface area contributed by atoms with Crippen LogP contribution in [0.3, 0.4) is 0 Å². The van der Waals surface area contributed by atoms with Gasteiger partial charge in [-0.2, -0.15) is 0 Å². The van der Waals surface area contributed by atoms with Crippen molar-refractivity contribution in [1.29, 1.82) is 0 Å². The maximum atomic E-state index is 11.5. The van der Waals surface area contributed by atoms with E-state index in [-0.39, 0.29) is 13.0 Å². The molecule has 6 heteroatoms. The number of carbonyl (C=O) groups is 2. The fraction of sp³-hybridized carbons (Fsp3) is 0.154. The Morgan fingerprint density at radius 3 is 2.84 bits per heavy atom. The van der Waals surface area contributed by atoms with E-state index in [9.17, 15) is 9.59 Å². The fourth-order valence-corrected chi connectivity index (χ4v) is 1.60. The van der Waals surface area contributed by atoms with Crippen LogP contribution in [0.25, 0.3) is 10.9 Å². The van der Waals surface area contributed by atoms with Gasteiger partial charge in [0, 0.05) is 11.9 Å². The molecule has 0 saturated heterocycles. The summed E-state index contributed by atoms with van der Waals surface area (Å²) in [4.78, 5) is 26.0. The van der Waals surface area contributed by atoms with Gasteiger partial charge in [0.2, 0.25) is 0 Å². The van der Waals surface area contributed by atoms with Gasteiger partial charge >= 0.3 is 12.0 Å². The molecular weight excluding hydrogens is 246 g/mol. The predicted molar refractivity (Wildman–Crippen MR) is 71.0 cm³/mol. The Morgan fingerprint density at radius 2 is 2.05 bits per heavy atom. The maximum Gasteiger partial charge on any atom is 0.319 e. The third-order valence-electron chi connectivity index (χ3n) is 2.47. The number of hydrogen-bond donors (Lipinski definition) is 3. The van der Waals surface area contributed by atoms with E-state index in [0.29, 0.717) is 5.69 Å². The number of carboxylic acid groups (broad SMARTS) is 1. The summed E-state index contributed by atoms with van der Waals surface area (Å²) in [6, 6.07) is 8.92. The largest absolute Gasteiger partial charge is 0.481 e. The molecule has 0 aliphatic rings. The number of urea groups is 1. The molecule has 98 valence electrons. The number of hydrogen-bond acceptors (Lipinski definition) is 3. The first-order valence-corrected chi connectivity index (χ1v) is 5.76. The Morgan fingerprint density at radius 1 is 1.26 bits per heavy atom. The molecule has 0 radical (unpaired) electrons. The molecule has 2 rings (SSSR count). The molecule has 19 heavy (non-hydrogen) atoms. The van der Waals surface area contributed by atoms with Crippen LogP contribution in [0, 0.1) is 0 Å². The summed E-state index contributed by atoms with van der Waals surface area (Å²) in [5.41, 5.74) is 1.41. The quantitative estimate of drug-likeness (QED) is 0.781. The Kier molecular flexibility index (Phi) is 3.92. The Hall–Kier alpha value is -2.63. The minimum atomic E-state index is -0.951. The molecule has 1 aromatic heterocycles. The third-order valence-corrected chi connectivity index (χ3v) is 2.47. The lowest BCUT2D eigenvalue weighted by Gasteiger charge is -2.07. The number of benzene rings is 1. The lowest BCUT2D eigenvalue weighted by atomic mass is 10.2. The molecule has 0 bridgehead atoms. The van der Waals surface area contributed by atoms with Crippen LogP contribution in [0.5, 0.6) is 0 Å². The highest BCUT2D eigenvalue weighted by atomic mass is 16.4. The van der Waals surface area contributed by atoms with Gasteiger partial charge in [0.15, 0.2) is 0 Å². The van der Waals surface area contributed by atoms with Gasteiger partial charge < -0.3 is 15.7 Å².